The van der Waals surface area contributed by atoms with Gasteiger partial charge in [0.2, 0.25) is 5.95 Å². The molecule has 10 heteroatoms. The minimum Gasteiger partial charge on any atom is -0.465 e. The number of halogens is 1. The monoisotopic (exact) mass is 383 g/mol. The minimum atomic E-state index is -1.14. The molecule has 0 bridgehead atoms. The zero-order valence-corrected chi connectivity index (χ0v) is 15.1. The van der Waals surface area contributed by atoms with Crippen LogP contribution in [-0.2, 0) is 13.6 Å². The lowest BCUT2D eigenvalue weighted by Gasteiger charge is -2.13. The number of hydrogen-bond acceptors (Lipinski definition) is 6. The largest absolute Gasteiger partial charge is 0.465 e. The predicted molar refractivity (Wildman–Crippen MR) is 98.6 cm³/mol. The van der Waals surface area contributed by atoms with Crippen LogP contribution in [0.25, 0.3) is 11.4 Å². The third kappa shape index (κ3) is 3.75. The van der Waals surface area contributed by atoms with E-state index in [0.29, 0.717) is 16.9 Å². The van der Waals surface area contributed by atoms with E-state index in [4.69, 9.17) is 5.11 Å². The van der Waals surface area contributed by atoms with Gasteiger partial charge in [-0.15, -0.1) is 0 Å². The average Bonchev–Trinajstić information content (AvgIpc) is 3.42. The lowest BCUT2D eigenvalue weighted by Crippen LogP contribution is -2.21. The first-order valence-corrected chi connectivity index (χ1v) is 8.75. The van der Waals surface area contributed by atoms with Gasteiger partial charge in [-0.25, -0.2) is 19.2 Å². The summed E-state index contributed by atoms with van der Waals surface area (Å²) in [6.07, 6.45) is 3.70. The van der Waals surface area contributed by atoms with Crippen LogP contribution in [0.15, 0.2) is 30.7 Å². The van der Waals surface area contributed by atoms with Crippen molar-refractivity contribution in [1.82, 2.24) is 30.0 Å². The Morgan fingerprint density at radius 2 is 2.14 bits per heavy atom. The minimum absolute atomic E-state index is 0.0576. The van der Waals surface area contributed by atoms with Crippen molar-refractivity contribution in [3.8, 4) is 11.4 Å². The van der Waals surface area contributed by atoms with Crippen LogP contribution < -0.4 is 10.6 Å². The summed E-state index contributed by atoms with van der Waals surface area (Å²) in [4.78, 5) is 23.2. The molecule has 0 unspecified atom stereocenters. The molecule has 2 heterocycles. The van der Waals surface area contributed by atoms with Crippen molar-refractivity contribution in [3.63, 3.8) is 0 Å². The highest BCUT2D eigenvalue weighted by Crippen LogP contribution is 2.44. The molecule has 4 rings (SSSR count). The summed E-state index contributed by atoms with van der Waals surface area (Å²) in [5, 5.41) is 18.3. The Bertz CT molecular complexity index is 1030. The number of carbonyl (C=O) groups is 1. The Kier molecular flexibility index (Phi) is 4.60. The van der Waals surface area contributed by atoms with Gasteiger partial charge in [0.15, 0.2) is 11.6 Å². The lowest BCUT2D eigenvalue weighted by molar-refractivity contribution is 0.194. The van der Waals surface area contributed by atoms with Crippen LogP contribution in [0.2, 0.25) is 0 Å². The normalized spacial score (nSPS) is 13.4. The number of nitrogens with zero attached hydrogens (tertiary/aromatic N) is 5. The molecule has 0 radical (unpaired) electrons. The SMILES string of the molecule is Cn1ccc(Nc2ncnc(-c3ccc(CNC(=O)O)c(C4CC4)c3F)n2)n1. The van der Waals surface area contributed by atoms with Crippen LogP contribution in [0.3, 0.4) is 0 Å². The van der Waals surface area contributed by atoms with Crippen molar-refractivity contribution < 1.29 is 14.3 Å². The van der Waals surface area contributed by atoms with Crippen LogP contribution in [-0.4, -0.2) is 35.9 Å². The molecule has 2 aromatic heterocycles. The van der Waals surface area contributed by atoms with E-state index in [0.717, 1.165) is 12.8 Å². The molecule has 9 nitrogen and oxygen atoms in total. The summed E-state index contributed by atoms with van der Waals surface area (Å²) in [7, 11) is 1.79. The summed E-state index contributed by atoms with van der Waals surface area (Å²) in [6.45, 7) is 0.0576. The molecular formula is C18H18FN7O2. The zero-order chi connectivity index (χ0) is 19.7. The number of aryl methyl sites for hydroxylation is 1. The van der Waals surface area contributed by atoms with Gasteiger partial charge in [0.05, 0.1) is 5.56 Å². The highest BCUT2D eigenvalue weighted by molar-refractivity contribution is 5.65. The Morgan fingerprint density at radius 1 is 1.32 bits per heavy atom. The van der Waals surface area contributed by atoms with Gasteiger partial charge in [0.1, 0.15) is 12.1 Å². The quantitative estimate of drug-likeness (QED) is 0.599. The first-order chi connectivity index (χ1) is 13.5. The highest BCUT2D eigenvalue weighted by atomic mass is 19.1. The Hall–Kier alpha value is -3.56. The van der Waals surface area contributed by atoms with Gasteiger partial charge in [-0.1, -0.05) is 6.07 Å². The van der Waals surface area contributed by atoms with E-state index in [-0.39, 0.29) is 29.8 Å². The van der Waals surface area contributed by atoms with Crippen LogP contribution in [0.1, 0.15) is 29.9 Å². The van der Waals surface area contributed by atoms with Crippen LogP contribution in [0.4, 0.5) is 21.0 Å². The van der Waals surface area contributed by atoms with Gasteiger partial charge in [-0.05, 0) is 36.0 Å². The molecule has 0 saturated heterocycles. The number of aromatic nitrogens is 5. The van der Waals surface area contributed by atoms with Crippen molar-refractivity contribution in [3.05, 3.63) is 47.7 Å². The number of rotatable bonds is 6. The number of carboxylic acid groups (broad SMARTS) is 1. The molecule has 3 N–H and O–H groups in total. The molecule has 144 valence electrons. The molecule has 28 heavy (non-hydrogen) atoms. The molecule has 0 atom stereocenters. The molecular weight excluding hydrogens is 365 g/mol. The third-order valence-electron chi connectivity index (χ3n) is 4.45. The molecule has 1 aromatic carbocycles. The van der Waals surface area contributed by atoms with Crippen molar-refractivity contribution in [2.75, 3.05) is 5.32 Å². The molecule has 1 amide bonds. The second-order valence-electron chi connectivity index (χ2n) is 6.57. The molecule has 1 aliphatic carbocycles. The smallest absolute Gasteiger partial charge is 0.404 e. The Balaban J connectivity index is 1.66. The van der Waals surface area contributed by atoms with Gasteiger partial charge in [0.25, 0.3) is 0 Å². The zero-order valence-electron chi connectivity index (χ0n) is 15.1. The van der Waals surface area contributed by atoms with E-state index < -0.39 is 11.9 Å². The molecule has 1 saturated carbocycles. The summed E-state index contributed by atoms with van der Waals surface area (Å²) >= 11 is 0. The maximum absolute atomic E-state index is 15.3. The maximum atomic E-state index is 15.3. The van der Waals surface area contributed by atoms with Crippen molar-refractivity contribution >= 4 is 17.9 Å². The maximum Gasteiger partial charge on any atom is 0.404 e. The summed E-state index contributed by atoms with van der Waals surface area (Å²) < 4.78 is 16.9. The van der Waals surface area contributed by atoms with Gasteiger partial charge in [-0.3, -0.25) is 4.68 Å². The van der Waals surface area contributed by atoms with Gasteiger partial charge >= 0.3 is 6.09 Å². The van der Waals surface area contributed by atoms with Crippen LogP contribution in [0, 0.1) is 5.82 Å². The van der Waals surface area contributed by atoms with E-state index in [1.54, 1.807) is 36.1 Å². The van der Waals surface area contributed by atoms with E-state index in [1.807, 2.05) is 0 Å². The fourth-order valence-electron chi connectivity index (χ4n) is 3.03. The van der Waals surface area contributed by atoms with Crippen LogP contribution >= 0.6 is 0 Å². The van der Waals surface area contributed by atoms with Crippen molar-refractivity contribution in [2.24, 2.45) is 7.05 Å². The number of nitrogens with one attached hydrogen (secondary N) is 2. The fourth-order valence-corrected chi connectivity index (χ4v) is 3.03. The predicted octanol–water partition coefficient (Wildman–Crippen LogP) is 2.80. The molecule has 3 aromatic rings. The number of hydrogen-bond donors (Lipinski definition) is 3. The topological polar surface area (TPSA) is 118 Å². The van der Waals surface area contributed by atoms with E-state index in [2.05, 4.69) is 30.7 Å². The van der Waals surface area contributed by atoms with Gasteiger partial charge in [0, 0.05) is 25.9 Å². The Labute approximate surface area is 159 Å². The third-order valence-corrected chi connectivity index (χ3v) is 4.45. The average molecular weight is 383 g/mol. The number of benzene rings is 1. The van der Waals surface area contributed by atoms with E-state index >= 15 is 4.39 Å². The standard InChI is InChI=1S/C18H18FN7O2/c1-26-7-6-13(25-26)23-17-22-9-21-16(24-17)12-5-4-11(8-20-18(27)28)14(15(12)19)10-2-3-10/h4-7,9-10,20H,2-3,8H2,1H3,(H,27,28)(H,21,22,23,24,25). The van der Waals surface area contributed by atoms with E-state index in [9.17, 15) is 4.79 Å². The number of anilines is 2. The second kappa shape index (κ2) is 7.22. The molecule has 0 spiro atoms. The van der Waals surface area contributed by atoms with Gasteiger partial charge < -0.3 is 15.7 Å². The van der Waals surface area contributed by atoms with Crippen molar-refractivity contribution in [1.29, 1.82) is 0 Å². The molecule has 1 aliphatic rings. The Morgan fingerprint density at radius 3 is 2.82 bits per heavy atom. The van der Waals surface area contributed by atoms with Crippen LogP contribution in [0.5, 0.6) is 0 Å². The number of amides is 1. The summed E-state index contributed by atoms with van der Waals surface area (Å²) in [6, 6.07) is 5.05. The first-order valence-electron chi connectivity index (χ1n) is 8.75. The molecule has 1 fully saturated rings. The summed E-state index contributed by atoms with van der Waals surface area (Å²) in [5.41, 5.74) is 1.42. The van der Waals surface area contributed by atoms with E-state index in [1.165, 1.54) is 6.33 Å². The molecule has 0 aliphatic heterocycles. The van der Waals surface area contributed by atoms with Gasteiger partial charge in [-0.2, -0.15) is 10.1 Å². The second-order valence-corrected chi connectivity index (χ2v) is 6.57. The lowest BCUT2D eigenvalue weighted by atomic mass is 9.98. The highest BCUT2D eigenvalue weighted by Gasteiger charge is 2.31. The van der Waals surface area contributed by atoms with Crippen molar-refractivity contribution in [2.45, 2.75) is 25.3 Å². The fraction of sp³-hybridized carbons (Fsp3) is 0.278. The summed E-state index contributed by atoms with van der Waals surface area (Å²) in [5.74, 6) is 0.702. The first kappa shape index (κ1) is 17.8.